The van der Waals surface area contributed by atoms with Gasteiger partial charge in [0.15, 0.2) is 0 Å². The van der Waals surface area contributed by atoms with Crippen molar-refractivity contribution in [3.05, 3.63) is 54.1 Å². The van der Waals surface area contributed by atoms with Gasteiger partial charge in [0.05, 0.1) is 12.0 Å². The summed E-state index contributed by atoms with van der Waals surface area (Å²) in [5, 5.41) is 3.19. The highest BCUT2D eigenvalue weighted by molar-refractivity contribution is 7.99. The maximum Gasteiger partial charge on any atom is 0.132 e. The number of rotatable bonds is 5. The Hall–Kier alpha value is -1.16. The van der Waals surface area contributed by atoms with E-state index in [1.165, 1.54) is 10.5 Å². The van der Waals surface area contributed by atoms with Crippen LogP contribution in [-0.4, -0.2) is 14.2 Å². The average molecular weight is 296 g/mol. The van der Waals surface area contributed by atoms with Crippen LogP contribution in [0.1, 0.15) is 5.56 Å². The van der Waals surface area contributed by atoms with E-state index in [9.17, 15) is 0 Å². The molecule has 2 nitrogen and oxygen atoms in total. The number of benzene rings is 2. The van der Waals surface area contributed by atoms with Crippen LogP contribution in [0.2, 0.25) is 0 Å². The zero-order valence-electron chi connectivity index (χ0n) is 11.1. The van der Waals surface area contributed by atoms with Gasteiger partial charge in [-0.1, -0.05) is 42.1 Å². The van der Waals surface area contributed by atoms with Crippen LogP contribution in [0.4, 0.5) is 0 Å². The molecule has 0 saturated heterocycles. The molecule has 0 heterocycles. The van der Waals surface area contributed by atoms with Crippen molar-refractivity contribution in [2.24, 2.45) is 0 Å². The summed E-state index contributed by atoms with van der Waals surface area (Å²) in [5.74, 6) is 0.918. The molecule has 0 radical (unpaired) electrons. The monoisotopic (exact) mass is 295 g/mol. The van der Waals surface area contributed by atoms with Crippen molar-refractivity contribution in [2.45, 2.75) is 16.3 Å². The van der Waals surface area contributed by atoms with Gasteiger partial charge in [-0.3, -0.25) is 0 Å². The van der Waals surface area contributed by atoms with Gasteiger partial charge < -0.3 is 10.1 Å². The third-order valence-electron chi connectivity index (χ3n) is 2.63. The SMILES string of the molecule is CNCc1ccccc1Sc1ccccc1OC.Cl. The predicted molar refractivity (Wildman–Crippen MR) is 83.6 cm³/mol. The fraction of sp³-hybridized carbons (Fsp3) is 0.200. The lowest BCUT2D eigenvalue weighted by molar-refractivity contribution is 0.405. The number of methoxy groups -OCH3 is 1. The summed E-state index contributed by atoms with van der Waals surface area (Å²) < 4.78 is 5.38. The second-order valence-corrected chi connectivity index (χ2v) is 4.97. The molecule has 0 aromatic heterocycles. The predicted octanol–water partition coefficient (Wildman–Crippen LogP) is 3.99. The average Bonchev–Trinajstić information content (AvgIpc) is 2.42. The van der Waals surface area contributed by atoms with E-state index >= 15 is 0 Å². The van der Waals surface area contributed by atoms with E-state index in [0.29, 0.717) is 0 Å². The number of halogens is 1. The molecule has 0 bridgehead atoms. The molecule has 1 N–H and O–H groups in total. The van der Waals surface area contributed by atoms with Gasteiger partial charge in [0.25, 0.3) is 0 Å². The molecule has 19 heavy (non-hydrogen) atoms. The van der Waals surface area contributed by atoms with Crippen molar-refractivity contribution in [2.75, 3.05) is 14.2 Å². The van der Waals surface area contributed by atoms with Gasteiger partial charge in [0.1, 0.15) is 5.75 Å². The maximum atomic E-state index is 5.38. The first-order valence-corrected chi connectivity index (χ1v) is 6.70. The van der Waals surface area contributed by atoms with E-state index in [2.05, 4.69) is 35.6 Å². The lowest BCUT2D eigenvalue weighted by Gasteiger charge is -2.11. The standard InChI is InChI=1S/C15H17NOS.ClH/c1-16-11-12-7-3-5-9-14(12)18-15-10-6-4-8-13(15)17-2;/h3-10,16H,11H2,1-2H3;1H. The van der Waals surface area contributed by atoms with E-state index in [0.717, 1.165) is 17.2 Å². The van der Waals surface area contributed by atoms with E-state index in [-0.39, 0.29) is 12.4 Å². The molecule has 2 aromatic carbocycles. The van der Waals surface area contributed by atoms with Gasteiger partial charge in [0, 0.05) is 11.4 Å². The smallest absolute Gasteiger partial charge is 0.132 e. The van der Waals surface area contributed by atoms with Crippen LogP contribution < -0.4 is 10.1 Å². The van der Waals surface area contributed by atoms with Gasteiger partial charge in [-0.25, -0.2) is 0 Å². The first-order valence-electron chi connectivity index (χ1n) is 5.88. The summed E-state index contributed by atoms with van der Waals surface area (Å²) in [5.41, 5.74) is 1.30. The Morgan fingerprint density at radius 2 is 1.63 bits per heavy atom. The van der Waals surface area contributed by atoms with Gasteiger partial charge in [-0.05, 0) is 30.8 Å². The minimum absolute atomic E-state index is 0. The van der Waals surface area contributed by atoms with Crippen molar-refractivity contribution in [1.82, 2.24) is 5.32 Å². The Labute approximate surface area is 125 Å². The van der Waals surface area contributed by atoms with E-state index in [4.69, 9.17) is 4.74 Å². The highest BCUT2D eigenvalue weighted by Gasteiger charge is 2.07. The van der Waals surface area contributed by atoms with E-state index in [1.54, 1.807) is 18.9 Å². The van der Waals surface area contributed by atoms with Crippen LogP contribution in [0.3, 0.4) is 0 Å². The molecule has 0 atom stereocenters. The minimum Gasteiger partial charge on any atom is -0.496 e. The Balaban J connectivity index is 0.00000180. The Morgan fingerprint density at radius 1 is 1.00 bits per heavy atom. The van der Waals surface area contributed by atoms with Crippen LogP contribution in [-0.2, 0) is 6.54 Å². The second-order valence-electron chi connectivity index (χ2n) is 3.89. The summed E-state index contributed by atoms with van der Waals surface area (Å²) in [6.07, 6.45) is 0. The van der Waals surface area contributed by atoms with E-state index in [1.807, 2.05) is 25.2 Å². The first-order chi connectivity index (χ1) is 8.85. The van der Waals surface area contributed by atoms with Gasteiger partial charge >= 0.3 is 0 Å². The fourth-order valence-corrected chi connectivity index (χ4v) is 2.81. The molecule has 0 spiro atoms. The Bertz CT molecular complexity index is 519. The van der Waals surface area contributed by atoms with Gasteiger partial charge in [-0.2, -0.15) is 0 Å². The molecule has 0 saturated carbocycles. The highest BCUT2D eigenvalue weighted by Crippen LogP contribution is 2.36. The molecular weight excluding hydrogens is 278 g/mol. The number of hydrogen-bond donors (Lipinski definition) is 1. The Morgan fingerprint density at radius 3 is 2.32 bits per heavy atom. The normalized spacial score (nSPS) is 9.79. The molecule has 2 rings (SSSR count). The molecular formula is C15H18ClNOS. The van der Waals surface area contributed by atoms with Crippen molar-refractivity contribution in [1.29, 1.82) is 0 Å². The summed E-state index contributed by atoms with van der Waals surface area (Å²) in [6.45, 7) is 0.873. The molecule has 0 aliphatic rings. The summed E-state index contributed by atoms with van der Waals surface area (Å²) in [6, 6.07) is 16.5. The summed E-state index contributed by atoms with van der Waals surface area (Å²) in [4.78, 5) is 2.40. The molecule has 0 aliphatic carbocycles. The van der Waals surface area contributed by atoms with Crippen molar-refractivity contribution >= 4 is 24.2 Å². The number of para-hydroxylation sites is 1. The van der Waals surface area contributed by atoms with Crippen LogP contribution >= 0.6 is 24.2 Å². The third-order valence-corrected chi connectivity index (χ3v) is 3.80. The van der Waals surface area contributed by atoms with Crippen molar-refractivity contribution in [3.63, 3.8) is 0 Å². The van der Waals surface area contributed by atoms with Crippen molar-refractivity contribution in [3.8, 4) is 5.75 Å². The summed E-state index contributed by atoms with van der Waals surface area (Å²) in [7, 11) is 3.67. The molecule has 102 valence electrons. The topological polar surface area (TPSA) is 21.3 Å². The maximum absolute atomic E-state index is 5.38. The minimum atomic E-state index is 0. The lowest BCUT2D eigenvalue weighted by Crippen LogP contribution is -2.05. The first kappa shape index (κ1) is 15.9. The van der Waals surface area contributed by atoms with Crippen LogP contribution in [0.5, 0.6) is 5.75 Å². The molecule has 0 unspecified atom stereocenters. The number of hydrogen-bond acceptors (Lipinski definition) is 3. The zero-order chi connectivity index (χ0) is 12.8. The van der Waals surface area contributed by atoms with Gasteiger partial charge in [0.2, 0.25) is 0 Å². The zero-order valence-corrected chi connectivity index (χ0v) is 12.7. The van der Waals surface area contributed by atoms with Crippen molar-refractivity contribution < 1.29 is 4.74 Å². The lowest BCUT2D eigenvalue weighted by atomic mass is 10.2. The van der Waals surface area contributed by atoms with Crippen LogP contribution in [0.25, 0.3) is 0 Å². The number of nitrogens with one attached hydrogen (secondary N) is 1. The third kappa shape index (κ3) is 4.16. The largest absolute Gasteiger partial charge is 0.496 e. The second kappa shape index (κ2) is 8.10. The molecule has 2 aromatic rings. The highest BCUT2D eigenvalue weighted by atomic mass is 35.5. The number of ether oxygens (including phenoxy) is 1. The van der Waals surface area contributed by atoms with Crippen LogP contribution in [0.15, 0.2) is 58.3 Å². The fourth-order valence-electron chi connectivity index (χ4n) is 1.76. The molecule has 0 fully saturated rings. The molecule has 0 amide bonds. The molecule has 0 aliphatic heterocycles. The van der Waals surface area contributed by atoms with Crippen LogP contribution in [0, 0.1) is 0 Å². The summed E-state index contributed by atoms with van der Waals surface area (Å²) >= 11 is 1.74. The van der Waals surface area contributed by atoms with Gasteiger partial charge in [-0.15, -0.1) is 12.4 Å². The Kier molecular flexibility index (Phi) is 6.78. The molecule has 4 heteroatoms. The van der Waals surface area contributed by atoms with E-state index < -0.39 is 0 Å². The quantitative estimate of drug-likeness (QED) is 0.901.